The number of rotatable bonds is 4. The van der Waals surface area contributed by atoms with Gasteiger partial charge in [0.25, 0.3) is 5.91 Å². The van der Waals surface area contributed by atoms with Crippen LogP contribution in [0.3, 0.4) is 0 Å². The Morgan fingerprint density at radius 1 is 1.41 bits per heavy atom. The Morgan fingerprint density at radius 2 is 2.12 bits per heavy atom. The zero-order chi connectivity index (χ0) is 12.4. The first-order chi connectivity index (χ1) is 8.06. The molecule has 1 aliphatic carbocycles. The Balaban J connectivity index is 1.84. The summed E-state index contributed by atoms with van der Waals surface area (Å²) in [5.74, 6) is -0.275. The summed E-state index contributed by atoms with van der Waals surface area (Å²) in [5.41, 5.74) is 0.673. The molecule has 1 saturated carbocycles. The van der Waals surface area contributed by atoms with Crippen molar-refractivity contribution < 1.29 is 9.59 Å². The van der Waals surface area contributed by atoms with E-state index in [1.165, 1.54) is 0 Å². The minimum absolute atomic E-state index is 0.0592. The van der Waals surface area contributed by atoms with Gasteiger partial charge in [-0.2, -0.15) is 0 Å². The SMILES string of the molecule is Cc1cc(C(=O)NCC(=O)NC2CC2)c(C)s1. The summed E-state index contributed by atoms with van der Waals surface area (Å²) in [5, 5.41) is 5.47. The lowest BCUT2D eigenvalue weighted by Gasteiger charge is -2.05. The molecule has 1 heterocycles. The fourth-order valence-electron chi connectivity index (χ4n) is 1.62. The minimum Gasteiger partial charge on any atom is -0.352 e. The van der Waals surface area contributed by atoms with E-state index in [1.54, 1.807) is 11.3 Å². The molecule has 0 bridgehead atoms. The molecule has 0 radical (unpaired) electrons. The molecule has 0 spiro atoms. The third-order valence-corrected chi connectivity index (χ3v) is 3.60. The van der Waals surface area contributed by atoms with E-state index in [4.69, 9.17) is 0 Å². The highest BCUT2D eigenvalue weighted by Gasteiger charge is 2.23. The van der Waals surface area contributed by atoms with Gasteiger partial charge < -0.3 is 10.6 Å². The van der Waals surface area contributed by atoms with Gasteiger partial charge in [-0.25, -0.2) is 0 Å². The van der Waals surface area contributed by atoms with Crippen molar-refractivity contribution >= 4 is 23.2 Å². The zero-order valence-electron chi connectivity index (χ0n) is 10.0. The van der Waals surface area contributed by atoms with E-state index in [9.17, 15) is 9.59 Å². The summed E-state index contributed by atoms with van der Waals surface area (Å²) < 4.78 is 0. The standard InChI is InChI=1S/C12H16N2O2S/c1-7-5-10(8(2)17-7)12(16)13-6-11(15)14-9-3-4-9/h5,9H,3-4,6H2,1-2H3,(H,13,16)(H,14,15). The number of amides is 2. The molecule has 0 aromatic carbocycles. The molecule has 1 aromatic heterocycles. The van der Waals surface area contributed by atoms with Crippen molar-refractivity contribution in [3.63, 3.8) is 0 Å². The number of nitrogens with one attached hydrogen (secondary N) is 2. The van der Waals surface area contributed by atoms with Crippen LogP contribution in [0.1, 0.15) is 33.0 Å². The third kappa shape index (κ3) is 3.30. The van der Waals surface area contributed by atoms with Gasteiger partial charge in [0, 0.05) is 15.8 Å². The van der Waals surface area contributed by atoms with E-state index < -0.39 is 0 Å². The molecule has 17 heavy (non-hydrogen) atoms. The topological polar surface area (TPSA) is 58.2 Å². The highest BCUT2D eigenvalue weighted by molar-refractivity contribution is 7.12. The molecule has 2 amide bonds. The molecule has 0 unspecified atom stereocenters. The van der Waals surface area contributed by atoms with Crippen LogP contribution in [0.25, 0.3) is 0 Å². The van der Waals surface area contributed by atoms with Gasteiger partial charge in [-0.05, 0) is 32.8 Å². The number of hydrogen-bond acceptors (Lipinski definition) is 3. The van der Waals surface area contributed by atoms with Gasteiger partial charge in [0.05, 0.1) is 12.1 Å². The second kappa shape index (κ2) is 4.87. The second-order valence-corrected chi connectivity index (χ2v) is 5.81. The maximum atomic E-state index is 11.8. The van der Waals surface area contributed by atoms with Gasteiger partial charge in [-0.15, -0.1) is 11.3 Å². The molecule has 92 valence electrons. The van der Waals surface area contributed by atoms with E-state index in [-0.39, 0.29) is 18.4 Å². The Morgan fingerprint density at radius 3 is 2.65 bits per heavy atom. The zero-order valence-corrected chi connectivity index (χ0v) is 10.8. The molecular formula is C12H16N2O2S. The first-order valence-corrected chi connectivity index (χ1v) is 6.52. The van der Waals surface area contributed by atoms with E-state index in [1.807, 2.05) is 19.9 Å². The summed E-state index contributed by atoms with van der Waals surface area (Å²) in [4.78, 5) is 25.3. The summed E-state index contributed by atoms with van der Waals surface area (Å²) in [6.45, 7) is 3.94. The average Bonchev–Trinajstić information content (AvgIpc) is 3.00. The average molecular weight is 252 g/mol. The smallest absolute Gasteiger partial charge is 0.252 e. The molecule has 0 atom stereocenters. The lowest BCUT2D eigenvalue weighted by atomic mass is 10.2. The summed E-state index contributed by atoms with van der Waals surface area (Å²) in [6, 6.07) is 2.19. The summed E-state index contributed by atoms with van der Waals surface area (Å²) >= 11 is 1.59. The summed E-state index contributed by atoms with van der Waals surface area (Å²) in [6.07, 6.45) is 2.12. The van der Waals surface area contributed by atoms with E-state index in [2.05, 4.69) is 10.6 Å². The predicted molar refractivity (Wildman–Crippen MR) is 67.3 cm³/mol. The Bertz CT molecular complexity index is 449. The van der Waals surface area contributed by atoms with E-state index >= 15 is 0 Å². The maximum absolute atomic E-state index is 11.8. The number of aryl methyl sites for hydroxylation is 2. The Kier molecular flexibility index (Phi) is 3.47. The number of thiophene rings is 1. The summed E-state index contributed by atoms with van der Waals surface area (Å²) in [7, 11) is 0. The maximum Gasteiger partial charge on any atom is 0.252 e. The van der Waals surface area contributed by atoms with Crippen molar-refractivity contribution in [1.82, 2.24) is 10.6 Å². The van der Waals surface area contributed by atoms with Gasteiger partial charge in [-0.3, -0.25) is 9.59 Å². The molecule has 4 nitrogen and oxygen atoms in total. The van der Waals surface area contributed by atoms with Gasteiger partial charge in [0.1, 0.15) is 0 Å². The highest BCUT2D eigenvalue weighted by Crippen LogP contribution is 2.20. The normalized spacial score (nSPS) is 14.5. The first kappa shape index (κ1) is 12.1. The molecule has 1 aliphatic rings. The van der Waals surface area contributed by atoms with Crippen LogP contribution in [-0.2, 0) is 4.79 Å². The van der Waals surface area contributed by atoms with Crippen molar-refractivity contribution in [3.05, 3.63) is 21.4 Å². The van der Waals surface area contributed by atoms with Crippen molar-refractivity contribution in [2.75, 3.05) is 6.54 Å². The minimum atomic E-state index is -0.169. The molecule has 0 saturated heterocycles. The lowest BCUT2D eigenvalue weighted by molar-refractivity contribution is -0.120. The third-order valence-electron chi connectivity index (χ3n) is 2.64. The number of carbonyl (C=O) groups excluding carboxylic acids is 2. The Hall–Kier alpha value is -1.36. The van der Waals surface area contributed by atoms with Crippen LogP contribution in [0.4, 0.5) is 0 Å². The van der Waals surface area contributed by atoms with E-state index in [0.29, 0.717) is 11.6 Å². The van der Waals surface area contributed by atoms with Crippen LogP contribution < -0.4 is 10.6 Å². The Labute approximate surface area is 104 Å². The van der Waals surface area contributed by atoms with Gasteiger partial charge >= 0.3 is 0 Å². The predicted octanol–water partition coefficient (Wildman–Crippen LogP) is 1.37. The molecule has 1 aromatic rings. The fraction of sp³-hybridized carbons (Fsp3) is 0.500. The number of hydrogen-bond donors (Lipinski definition) is 2. The first-order valence-electron chi connectivity index (χ1n) is 5.71. The fourth-order valence-corrected chi connectivity index (χ4v) is 2.54. The largest absolute Gasteiger partial charge is 0.352 e. The van der Waals surface area contributed by atoms with Crippen molar-refractivity contribution in [1.29, 1.82) is 0 Å². The van der Waals surface area contributed by atoms with Crippen LogP contribution >= 0.6 is 11.3 Å². The van der Waals surface area contributed by atoms with Gasteiger partial charge in [0.15, 0.2) is 0 Å². The van der Waals surface area contributed by atoms with Crippen molar-refractivity contribution in [2.24, 2.45) is 0 Å². The number of carbonyl (C=O) groups is 2. The highest BCUT2D eigenvalue weighted by atomic mass is 32.1. The van der Waals surface area contributed by atoms with Gasteiger partial charge in [-0.1, -0.05) is 0 Å². The van der Waals surface area contributed by atoms with Crippen LogP contribution in [-0.4, -0.2) is 24.4 Å². The molecule has 2 rings (SSSR count). The molecule has 1 fully saturated rings. The van der Waals surface area contributed by atoms with E-state index in [0.717, 1.165) is 22.6 Å². The van der Waals surface area contributed by atoms with Crippen molar-refractivity contribution in [2.45, 2.75) is 32.7 Å². The second-order valence-electron chi connectivity index (χ2n) is 4.35. The molecule has 2 N–H and O–H groups in total. The van der Waals surface area contributed by atoms with Crippen LogP contribution in [0.15, 0.2) is 6.07 Å². The molecular weight excluding hydrogens is 236 g/mol. The quantitative estimate of drug-likeness (QED) is 0.850. The van der Waals surface area contributed by atoms with Crippen LogP contribution in [0.5, 0.6) is 0 Å². The molecule has 0 aliphatic heterocycles. The van der Waals surface area contributed by atoms with Gasteiger partial charge in [0.2, 0.25) is 5.91 Å². The lowest BCUT2D eigenvalue weighted by Crippen LogP contribution is -2.37. The monoisotopic (exact) mass is 252 g/mol. The van der Waals surface area contributed by atoms with Crippen molar-refractivity contribution in [3.8, 4) is 0 Å². The molecule has 5 heteroatoms. The van der Waals surface area contributed by atoms with Crippen LogP contribution in [0.2, 0.25) is 0 Å². The van der Waals surface area contributed by atoms with Crippen LogP contribution in [0, 0.1) is 13.8 Å².